The van der Waals surface area contributed by atoms with Crippen molar-refractivity contribution in [3.63, 3.8) is 0 Å². The Morgan fingerprint density at radius 2 is 2.05 bits per heavy atom. The van der Waals surface area contributed by atoms with Crippen molar-refractivity contribution in [2.45, 2.75) is 31.2 Å². The van der Waals surface area contributed by atoms with Gasteiger partial charge in [-0.2, -0.15) is 0 Å². The maximum atomic E-state index is 12.1. The summed E-state index contributed by atoms with van der Waals surface area (Å²) in [6, 6.07) is 3.57. The highest BCUT2D eigenvalue weighted by atomic mass is 32.2. The molecule has 0 fully saturated rings. The highest BCUT2D eigenvalue weighted by Gasteiger charge is 2.20. The van der Waals surface area contributed by atoms with Crippen molar-refractivity contribution in [2.75, 3.05) is 18.5 Å². The zero-order valence-electron chi connectivity index (χ0n) is 12.0. The lowest BCUT2D eigenvalue weighted by atomic mass is 10.2. The largest absolute Gasteiger partial charge is 0.478 e. The lowest BCUT2D eigenvalue weighted by Gasteiger charge is -2.14. The van der Waals surface area contributed by atoms with Crippen molar-refractivity contribution in [1.82, 2.24) is 4.72 Å². The molecule has 1 aromatic rings. The summed E-state index contributed by atoms with van der Waals surface area (Å²) in [5, 5.41) is 20.6. The molecule has 1 atom stereocenters. The van der Waals surface area contributed by atoms with Gasteiger partial charge in [-0.15, -0.1) is 0 Å². The Labute approximate surface area is 124 Å². The lowest BCUT2D eigenvalue weighted by Crippen LogP contribution is -2.32. The maximum absolute atomic E-state index is 12.1. The van der Waals surface area contributed by atoms with Gasteiger partial charge in [0.15, 0.2) is 0 Å². The molecule has 1 aromatic carbocycles. The van der Waals surface area contributed by atoms with Crippen LogP contribution in [0.1, 0.15) is 30.6 Å². The molecule has 0 saturated carbocycles. The molecular weight excluding hydrogens is 296 g/mol. The van der Waals surface area contributed by atoms with E-state index < -0.39 is 16.0 Å². The molecule has 0 saturated heterocycles. The van der Waals surface area contributed by atoms with Gasteiger partial charge < -0.3 is 15.5 Å². The first-order chi connectivity index (χ1) is 9.81. The fourth-order valence-corrected chi connectivity index (χ4v) is 2.98. The molecule has 0 aliphatic rings. The van der Waals surface area contributed by atoms with Crippen molar-refractivity contribution in [1.29, 1.82) is 0 Å². The second-order valence-corrected chi connectivity index (χ2v) is 6.31. The van der Waals surface area contributed by atoms with Crippen LogP contribution in [-0.2, 0) is 10.0 Å². The second kappa shape index (κ2) is 7.39. The van der Waals surface area contributed by atoms with Crippen LogP contribution in [0.5, 0.6) is 0 Å². The maximum Gasteiger partial charge on any atom is 0.337 e. The molecule has 4 N–H and O–H groups in total. The molecule has 118 valence electrons. The third-order valence-corrected chi connectivity index (χ3v) is 4.51. The number of aromatic carboxylic acids is 1. The van der Waals surface area contributed by atoms with Gasteiger partial charge in [-0.05, 0) is 31.5 Å². The summed E-state index contributed by atoms with van der Waals surface area (Å²) in [4.78, 5) is 11.1. The van der Waals surface area contributed by atoms with Gasteiger partial charge in [0.05, 0.1) is 17.1 Å². The van der Waals surface area contributed by atoms with Crippen molar-refractivity contribution < 1.29 is 23.4 Å². The Morgan fingerprint density at radius 1 is 1.38 bits per heavy atom. The molecule has 0 radical (unpaired) electrons. The molecule has 21 heavy (non-hydrogen) atoms. The highest BCUT2D eigenvalue weighted by Crippen LogP contribution is 2.21. The number of nitrogens with one attached hydrogen (secondary N) is 2. The lowest BCUT2D eigenvalue weighted by molar-refractivity contribution is 0.0697. The van der Waals surface area contributed by atoms with E-state index in [1.807, 2.05) is 6.92 Å². The van der Waals surface area contributed by atoms with Gasteiger partial charge in [0.1, 0.15) is 0 Å². The number of anilines is 1. The van der Waals surface area contributed by atoms with Crippen LogP contribution in [0.2, 0.25) is 0 Å². The topological polar surface area (TPSA) is 116 Å². The van der Waals surface area contributed by atoms with Crippen LogP contribution in [0.4, 0.5) is 5.69 Å². The third-order valence-electron chi connectivity index (χ3n) is 2.93. The predicted octanol–water partition coefficient (Wildman–Crippen LogP) is 0.866. The quantitative estimate of drug-likeness (QED) is 0.565. The minimum Gasteiger partial charge on any atom is -0.478 e. The Balaban J connectivity index is 3.16. The van der Waals surface area contributed by atoms with E-state index in [9.17, 15) is 13.2 Å². The zero-order chi connectivity index (χ0) is 16.0. The fourth-order valence-electron chi connectivity index (χ4n) is 1.63. The Hall–Kier alpha value is -1.64. The summed E-state index contributed by atoms with van der Waals surface area (Å²) >= 11 is 0. The van der Waals surface area contributed by atoms with Gasteiger partial charge in [0.25, 0.3) is 0 Å². The molecule has 1 rings (SSSR count). The number of hydrogen-bond donors (Lipinski definition) is 4. The number of hydrogen-bond acceptors (Lipinski definition) is 5. The van der Waals surface area contributed by atoms with E-state index in [2.05, 4.69) is 10.0 Å². The van der Waals surface area contributed by atoms with Gasteiger partial charge in [0.2, 0.25) is 10.0 Å². The summed E-state index contributed by atoms with van der Waals surface area (Å²) < 4.78 is 26.7. The van der Waals surface area contributed by atoms with Crippen molar-refractivity contribution in [2.24, 2.45) is 0 Å². The number of carboxylic acid groups (broad SMARTS) is 1. The van der Waals surface area contributed by atoms with E-state index >= 15 is 0 Å². The van der Waals surface area contributed by atoms with Crippen molar-refractivity contribution >= 4 is 21.7 Å². The van der Waals surface area contributed by atoms with Gasteiger partial charge in [0, 0.05) is 18.3 Å². The van der Waals surface area contributed by atoms with E-state index in [-0.39, 0.29) is 35.3 Å². The van der Waals surface area contributed by atoms with Crippen molar-refractivity contribution in [3.05, 3.63) is 23.8 Å². The molecule has 0 aliphatic carbocycles. The van der Waals surface area contributed by atoms with Crippen LogP contribution in [0.25, 0.3) is 0 Å². The molecule has 0 aromatic heterocycles. The first kappa shape index (κ1) is 17.4. The summed E-state index contributed by atoms with van der Waals surface area (Å²) in [7, 11) is -3.76. The summed E-state index contributed by atoms with van der Waals surface area (Å²) in [6.45, 7) is 3.59. The van der Waals surface area contributed by atoms with Gasteiger partial charge in [-0.25, -0.2) is 17.9 Å². The first-order valence-corrected chi connectivity index (χ1v) is 8.04. The van der Waals surface area contributed by atoms with E-state index in [0.717, 1.165) is 6.07 Å². The molecular formula is C13H20N2O5S. The number of aliphatic hydroxyl groups is 1. The molecule has 0 unspecified atom stereocenters. The van der Waals surface area contributed by atoms with E-state index in [4.69, 9.17) is 10.2 Å². The second-order valence-electron chi connectivity index (χ2n) is 4.59. The van der Waals surface area contributed by atoms with Crippen molar-refractivity contribution in [3.8, 4) is 0 Å². The molecule has 0 aliphatic heterocycles. The first-order valence-electron chi connectivity index (χ1n) is 6.56. The van der Waals surface area contributed by atoms with E-state index in [0.29, 0.717) is 6.42 Å². The summed E-state index contributed by atoms with van der Waals surface area (Å²) in [6.07, 6.45) is 0.626. The number of rotatable bonds is 8. The van der Waals surface area contributed by atoms with Crippen LogP contribution in [0, 0.1) is 0 Å². The average molecular weight is 316 g/mol. The zero-order valence-corrected chi connectivity index (χ0v) is 12.8. The van der Waals surface area contributed by atoms with E-state index in [1.54, 1.807) is 6.92 Å². The molecule has 8 heteroatoms. The average Bonchev–Trinajstić information content (AvgIpc) is 2.44. The monoisotopic (exact) mass is 316 g/mol. The van der Waals surface area contributed by atoms with Crippen LogP contribution >= 0.6 is 0 Å². The Bertz CT molecular complexity index is 601. The van der Waals surface area contributed by atoms with Gasteiger partial charge in [-0.3, -0.25) is 0 Å². The van der Waals surface area contributed by atoms with Crippen LogP contribution in [-0.4, -0.2) is 43.8 Å². The Morgan fingerprint density at radius 3 is 2.57 bits per heavy atom. The number of carbonyl (C=O) groups is 1. The smallest absolute Gasteiger partial charge is 0.337 e. The van der Waals surface area contributed by atoms with E-state index in [1.165, 1.54) is 12.1 Å². The minimum atomic E-state index is -3.76. The van der Waals surface area contributed by atoms with Crippen LogP contribution < -0.4 is 10.0 Å². The molecule has 0 bridgehead atoms. The predicted molar refractivity (Wildman–Crippen MR) is 79.1 cm³/mol. The van der Waals surface area contributed by atoms with Gasteiger partial charge in [-0.1, -0.05) is 6.92 Å². The fraction of sp³-hybridized carbons (Fsp3) is 0.462. The van der Waals surface area contributed by atoms with Gasteiger partial charge >= 0.3 is 5.97 Å². The standard InChI is InChI=1S/C13H20N2O5S/c1-3-9(2)15-21(19,20)10-4-5-12(14-6-7-16)11(8-10)13(17)18/h4-5,8-9,14-16H,3,6-7H2,1-2H3,(H,17,18)/t9-/m0/s1. The molecule has 0 heterocycles. The normalized spacial score (nSPS) is 12.9. The summed E-state index contributed by atoms with van der Waals surface area (Å²) in [5.74, 6) is -1.24. The summed E-state index contributed by atoms with van der Waals surface area (Å²) in [5.41, 5.74) is 0.106. The Kier molecular flexibility index (Phi) is 6.13. The number of aliphatic hydroxyl groups excluding tert-OH is 1. The number of carboxylic acids is 1. The number of benzene rings is 1. The number of sulfonamides is 1. The SMILES string of the molecule is CC[C@H](C)NS(=O)(=O)c1ccc(NCCO)c(C(=O)O)c1. The highest BCUT2D eigenvalue weighted by molar-refractivity contribution is 7.89. The molecule has 7 nitrogen and oxygen atoms in total. The molecule has 0 spiro atoms. The third kappa shape index (κ3) is 4.69. The minimum absolute atomic E-state index is 0.102. The van der Waals surface area contributed by atoms with Crippen LogP contribution in [0.15, 0.2) is 23.1 Å². The van der Waals surface area contributed by atoms with Crippen LogP contribution in [0.3, 0.4) is 0 Å². The molecule has 0 amide bonds.